The zero-order valence-corrected chi connectivity index (χ0v) is 14.5. The maximum Gasteiger partial charge on any atom is 0.222 e. The largest absolute Gasteiger partial charge is 0.390 e. The molecular formula is C20H20F2N2O2. The Hall–Kier alpha value is -2.76. The quantitative estimate of drug-likeness (QED) is 0.786. The fourth-order valence-corrected chi connectivity index (χ4v) is 2.91. The van der Waals surface area contributed by atoms with Crippen LogP contribution in [-0.4, -0.2) is 29.2 Å². The molecule has 1 amide bonds. The van der Waals surface area contributed by atoms with Gasteiger partial charge in [-0.15, -0.1) is 0 Å². The maximum absolute atomic E-state index is 13.9. The summed E-state index contributed by atoms with van der Waals surface area (Å²) >= 11 is 0. The van der Waals surface area contributed by atoms with E-state index in [4.69, 9.17) is 4.84 Å². The van der Waals surface area contributed by atoms with Crippen molar-refractivity contribution in [2.45, 2.75) is 32.4 Å². The van der Waals surface area contributed by atoms with Crippen molar-refractivity contribution in [3.05, 3.63) is 71.3 Å². The summed E-state index contributed by atoms with van der Waals surface area (Å²) in [5.41, 5.74) is 2.08. The van der Waals surface area contributed by atoms with Gasteiger partial charge in [0, 0.05) is 31.0 Å². The number of amides is 1. The van der Waals surface area contributed by atoms with Crippen molar-refractivity contribution in [2.24, 2.45) is 5.16 Å². The molecule has 6 heteroatoms. The van der Waals surface area contributed by atoms with Gasteiger partial charge >= 0.3 is 0 Å². The smallest absolute Gasteiger partial charge is 0.222 e. The highest BCUT2D eigenvalue weighted by atomic mass is 19.1. The number of benzene rings is 2. The summed E-state index contributed by atoms with van der Waals surface area (Å²) in [6, 6.07) is 13.1. The summed E-state index contributed by atoms with van der Waals surface area (Å²) in [6.07, 6.45) is 0.579. The minimum absolute atomic E-state index is 0.0688. The van der Waals surface area contributed by atoms with Crippen molar-refractivity contribution in [2.75, 3.05) is 6.54 Å². The Labute approximate surface area is 151 Å². The number of nitrogens with zero attached hydrogens (tertiary/aromatic N) is 2. The first-order valence-electron chi connectivity index (χ1n) is 8.56. The molecule has 1 heterocycles. The first kappa shape index (κ1) is 18.0. The van der Waals surface area contributed by atoms with E-state index in [-0.39, 0.29) is 24.1 Å². The topological polar surface area (TPSA) is 41.9 Å². The summed E-state index contributed by atoms with van der Waals surface area (Å²) in [4.78, 5) is 19.3. The highest BCUT2D eigenvalue weighted by Gasteiger charge is 2.26. The zero-order chi connectivity index (χ0) is 18.5. The predicted octanol–water partition coefficient (Wildman–Crippen LogP) is 3.90. The third-order valence-electron chi connectivity index (χ3n) is 4.30. The van der Waals surface area contributed by atoms with Gasteiger partial charge in [-0.25, -0.2) is 8.78 Å². The molecule has 0 radical (unpaired) electrons. The van der Waals surface area contributed by atoms with Crippen LogP contribution in [0, 0.1) is 11.6 Å². The molecule has 0 saturated carbocycles. The van der Waals surface area contributed by atoms with E-state index in [9.17, 15) is 13.6 Å². The van der Waals surface area contributed by atoms with E-state index in [2.05, 4.69) is 5.16 Å². The molecule has 0 spiro atoms. The second-order valence-corrected chi connectivity index (χ2v) is 6.20. The summed E-state index contributed by atoms with van der Waals surface area (Å²) in [6.45, 7) is 2.11. The van der Waals surface area contributed by atoms with Crippen molar-refractivity contribution in [1.82, 2.24) is 4.90 Å². The molecule has 26 heavy (non-hydrogen) atoms. The van der Waals surface area contributed by atoms with Gasteiger partial charge in [-0.1, -0.05) is 48.5 Å². The summed E-state index contributed by atoms with van der Waals surface area (Å²) in [5.74, 6) is -1.42. The first-order valence-corrected chi connectivity index (χ1v) is 8.56. The van der Waals surface area contributed by atoms with Gasteiger partial charge in [0.1, 0.15) is 11.6 Å². The molecule has 3 rings (SSSR count). The average Bonchev–Trinajstić information content (AvgIpc) is 3.12. The van der Waals surface area contributed by atoms with E-state index in [0.29, 0.717) is 19.4 Å². The molecule has 0 fully saturated rings. The van der Waals surface area contributed by atoms with Crippen molar-refractivity contribution in [3.8, 4) is 0 Å². The van der Waals surface area contributed by atoms with Crippen molar-refractivity contribution in [1.29, 1.82) is 0 Å². The van der Waals surface area contributed by atoms with Crippen LogP contribution < -0.4 is 0 Å². The monoisotopic (exact) mass is 358 g/mol. The standard InChI is InChI=1S/C20H20F2N2O2/c1-2-20(25)24(12-15-8-9-16(21)10-18(15)22)13-17-11-19(23-26-17)14-6-4-3-5-7-14/h3-10,17H,2,11-13H2,1H3. The van der Waals surface area contributed by atoms with Crippen LogP contribution in [0.1, 0.15) is 30.9 Å². The van der Waals surface area contributed by atoms with Crippen LogP contribution in [0.5, 0.6) is 0 Å². The van der Waals surface area contributed by atoms with E-state index < -0.39 is 11.6 Å². The third kappa shape index (κ3) is 4.25. The molecule has 0 aromatic heterocycles. The Kier molecular flexibility index (Phi) is 5.61. The molecule has 2 aromatic carbocycles. The Bertz CT molecular complexity index is 809. The molecule has 0 bridgehead atoms. The summed E-state index contributed by atoms with van der Waals surface area (Å²) in [5, 5.41) is 4.12. The first-order chi connectivity index (χ1) is 12.6. The molecule has 0 saturated heterocycles. The average molecular weight is 358 g/mol. The molecule has 136 valence electrons. The van der Waals surface area contributed by atoms with Crippen molar-refractivity contribution >= 4 is 11.6 Å². The predicted molar refractivity (Wildman–Crippen MR) is 94.5 cm³/mol. The second-order valence-electron chi connectivity index (χ2n) is 6.20. The number of hydrogen-bond donors (Lipinski definition) is 0. The molecule has 1 unspecified atom stereocenters. The number of hydrogen-bond acceptors (Lipinski definition) is 3. The van der Waals surface area contributed by atoms with Crippen LogP contribution in [-0.2, 0) is 16.2 Å². The number of halogens is 2. The van der Waals surface area contributed by atoms with Crippen LogP contribution in [0.2, 0.25) is 0 Å². The van der Waals surface area contributed by atoms with Gasteiger partial charge in [-0.2, -0.15) is 0 Å². The highest BCUT2D eigenvalue weighted by Crippen LogP contribution is 2.20. The molecule has 2 aromatic rings. The minimum Gasteiger partial charge on any atom is -0.390 e. The van der Waals surface area contributed by atoms with E-state index in [0.717, 1.165) is 17.3 Å². The molecule has 0 N–H and O–H groups in total. The van der Waals surface area contributed by atoms with Gasteiger partial charge in [0.05, 0.1) is 12.3 Å². The second kappa shape index (κ2) is 8.08. The minimum atomic E-state index is -0.660. The number of rotatable bonds is 6. The maximum atomic E-state index is 13.9. The van der Waals surface area contributed by atoms with Gasteiger partial charge in [0.15, 0.2) is 6.10 Å². The van der Waals surface area contributed by atoms with Gasteiger partial charge in [-0.05, 0) is 11.6 Å². The SMILES string of the molecule is CCC(=O)N(Cc1ccc(F)cc1F)CC1CC(c2ccccc2)=NO1. The van der Waals surface area contributed by atoms with E-state index in [1.807, 2.05) is 30.3 Å². The van der Waals surface area contributed by atoms with Crippen LogP contribution in [0.3, 0.4) is 0 Å². The Morgan fingerprint density at radius 1 is 1.23 bits per heavy atom. The lowest BCUT2D eigenvalue weighted by atomic mass is 10.0. The van der Waals surface area contributed by atoms with E-state index >= 15 is 0 Å². The van der Waals surface area contributed by atoms with Crippen LogP contribution in [0.15, 0.2) is 53.7 Å². The van der Waals surface area contributed by atoms with Crippen LogP contribution in [0.4, 0.5) is 8.78 Å². The van der Waals surface area contributed by atoms with E-state index in [1.165, 1.54) is 17.0 Å². The van der Waals surface area contributed by atoms with Gasteiger partial charge in [0.25, 0.3) is 0 Å². The fraction of sp³-hybridized carbons (Fsp3) is 0.300. The number of carbonyl (C=O) groups is 1. The molecule has 1 aliphatic heterocycles. The molecule has 1 aliphatic rings. The molecule has 4 nitrogen and oxygen atoms in total. The Morgan fingerprint density at radius 2 is 2.00 bits per heavy atom. The number of oxime groups is 1. The third-order valence-corrected chi connectivity index (χ3v) is 4.30. The lowest BCUT2D eigenvalue weighted by molar-refractivity contribution is -0.133. The fourth-order valence-electron chi connectivity index (χ4n) is 2.91. The van der Waals surface area contributed by atoms with Crippen molar-refractivity contribution < 1.29 is 18.4 Å². The summed E-state index contributed by atoms with van der Waals surface area (Å²) < 4.78 is 27.0. The zero-order valence-electron chi connectivity index (χ0n) is 14.5. The molecule has 1 atom stereocenters. The van der Waals surface area contributed by atoms with Gasteiger partial charge in [0.2, 0.25) is 5.91 Å². The number of carbonyl (C=O) groups excluding carboxylic acids is 1. The van der Waals surface area contributed by atoms with Gasteiger partial charge in [-0.3, -0.25) is 4.79 Å². The van der Waals surface area contributed by atoms with Gasteiger partial charge < -0.3 is 9.74 Å². The Morgan fingerprint density at radius 3 is 2.69 bits per heavy atom. The van der Waals surface area contributed by atoms with Crippen LogP contribution in [0.25, 0.3) is 0 Å². The molecular weight excluding hydrogens is 338 g/mol. The summed E-state index contributed by atoms with van der Waals surface area (Å²) in [7, 11) is 0. The van der Waals surface area contributed by atoms with E-state index in [1.54, 1.807) is 6.92 Å². The van der Waals surface area contributed by atoms with Crippen molar-refractivity contribution in [3.63, 3.8) is 0 Å². The van der Waals surface area contributed by atoms with Crippen LogP contribution >= 0.6 is 0 Å². The lowest BCUT2D eigenvalue weighted by Gasteiger charge is -2.24. The highest BCUT2D eigenvalue weighted by molar-refractivity contribution is 6.01. The molecule has 0 aliphatic carbocycles. The Balaban J connectivity index is 1.67. The normalized spacial score (nSPS) is 16.1. The lowest BCUT2D eigenvalue weighted by Crippen LogP contribution is -2.37.